The van der Waals surface area contributed by atoms with Gasteiger partial charge < -0.3 is 12.3 Å². The molecule has 0 unspecified atom stereocenters. The summed E-state index contributed by atoms with van der Waals surface area (Å²) in [5.74, 6) is -1.39. The van der Waals surface area contributed by atoms with E-state index in [1.165, 1.54) is 90.4 Å². The van der Waals surface area contributed by atoms with Gasteiger partial charge in [0.15, 0.2) is 0 Å². The van der Waals surface area contributed by atoms with E-state index in [0.717, 1.165) is 12.8 Å². The van der Waals surface area contributed by atoms with Crippen LogP contribution >= 0.6 is 0 Å². The van der Waals surface area contributed by atoms with Crippen LogP contribution in [0, 0.1) is 0 Å². The van der Waals surface area contributed by atoms with Crippen molar-refractivity contribution in [2.45, 2.75) is 129 Å². The Kier molecular flexibility index (Phi) is 26.9. The van der Waals surface area contributed by atoms with E-state index < -0.39 is 11.9 Å². The Bertz CT molecular complexity index is 437. The molecular formula is C24H46CaO5. The zero-order valence-corrected chi connectivity index (χ0v) is 21.9. The molecule has 0 aromatic rings. The molecular weight excluding hydrogens is 408 g/mol. The van der Waals surface area contributed by atoms with Crippen molar-refractivity contribution < 1.29 is 26.7 Å². The van der Waals surface area contributed by atoms with Gasteiger partial charge in [-0.15, -0.1) is 0 Å². The molecule has 0 heterocycles. The van der Waals surface area contributed by atoms with E-state index >= 15 is 0 Å². The first-order valence-electron chi connectivity index (χ1n) is 11.9. The van der Waals surface area contributed by atoms with Gasteiger partial charge in [-0.3, -0.25) is 14.4 Å². The fourth-order valence-corrected chi connectivity index (χ4v) is 3.33. The summed E-state index contributed by atoms with van der Waals surface area (Å²) in [4.78, 5) is 33.3. The minimum atomic E-state index is -0.611. The number of carbonyl (C=O) groups excluding carboxylic acids is 3. The van der Waals surface area contributed by atoms with Crippen molar-refractivity contribution in [3.05, 3.63) is 0 Å². The average molecular weight is 455 g/mol. The Morgan fingerprint density at radius 2 is 1.00 bits per heavy atom. The monoisotopic (exact) mass is 454 g/mol. The van der Waals surface area contributed by atoms with Gasteiger partial charge in [0.2, 0.25) is 0 Å². The quantitative estimate of drug-likeness (QED) is 0.0908. The van der Waals surface area contributed by atoms with Crippen LogP contribution in [0.3, 0.4) is 0 Å². The molecule has 0 atom stereocenters. The number of carbonyl (C=O) groups is 3. The first-order valence-corrected chi connectivity index (χ1v) is 11.9. The molecule has 5 nitrogen and oxygen atoms in total. The molecule has 0 aromatic carbocycles. The van der Waals surface area contributed by atoms with Gasteiger partial charge in [-0.25, -0.2) is 0 Å². The second-order valence-corrected chi connectivity index (χ2v) is 7.99. The maximum atomic E-state index is 11.6. The molecule has 0 aromatic heterocycles. The van der Waals surface area contributed by atoms with Crippen molar-refractivity contribution in [3.63, 3.8) is 0 Å². The van der Waals surface area contributed by atoms with E-state index in [1.807, 2.05) is 0 Å². The van der Waals surface area contributed by atoms with Crippen LogP contribution in [0.15, 0.2) is 0 Å². The first kappa shape index (κ1) is 32.1. The smallest absolute Gasteiger partial charge is 1.00 e. The molecule has 6 heteroatoms. The van der Waals surface area contributed by atoms with E-state index in [2.05, 4.69) is 11.7 Å². The number of ether oxygens (including phenoxy) is 2. The van der Waals surface area contributed by atoms with Gasteiger partial charge in [-0.1, -0.05) is 96.8 Å². The molecule has 0 N–H and O–H groups in total. The van der Waals surface area contributed by atoms with Gasteiger partial charge in [0.1, 0.15) is 0 Å². The largest absolute Gasteiger partial charge is 2.00 e. The van der Waals surface area contributed by atoms with Gasteiger partial charge >= 0.3 is 55.6 Å². The molecule has 0 saturated heterocycles. The molecule has 174 valence electrons. The number of hydrogen-bond donors (Lipinski definition) is 0. The third kappa shape index (κ3) is 25.9. The molecule has 0 amide bonds. The van der Waals surface area contributed by atoms with Crippen molar-refractivity contribution in [2.75, 3.05) is 6.61 Å². The summed E-state index contributed by atoms with van der Waals surface area (Å²) < 4.78 is 9.48. The summed E-state index contributed by atoms with van der Waals surface area (Å²) in [5.41, 5.74) is 0. The van der Waals surface area contributed by atoms with E-state index in [1.54, 1.807) is 0 Å². The SMILES string of the molecule is CCCCCCCCCCCCCCCCCC(=O)OCCCC(=O)OC(C)=O.[Ca+2].[H-].[H-]. The zero-order chi connectivity index (χ0) is 21.6. The maximum absolute atomic E-state index is 11.6. The standard InChI is InChI=1S/C24H44O5.Ca.2H/c1-3-4-5-6-7-8-9-10-11-12-13-14-15-16-17-19-23(26)28-21-18-20-24(27)29-22(2)25;;;/h3-21H2,1-2H3;;;/q;+2;2*-1. The fraction of sp³-hybridized carbons (Fsp3) is 0.875. The van der Waals surface area contributed by atoms with Crippen LogP contribution < -0.4 is 0 Å². The normalized spacial score (nSPS) is 10.3. The fourth-order valence-electron chi connectivity index (χ4n) is 3.33. The van der Waals surface area contributed by atoms with E-state index in [9.17, 15) is 14.4 Å². The van der Waals surface area contributed by atoms with E-state index in [0.29, 0.717) is 12.8 Å². The van der Waals surface area contributed by atoms with Crippen LogP contribution in [0.4, 0.5) is 0 Å². The van der Waals surface area contributed by atoms with Crippen molar-refractivity contribution >= 4 is 55.6 Å². The Morgan fingerprint density at radius 1 is 0.600 bits per heavy atom. The van der Waals surface area contributed by atoms with Gasteiger partial charge in [0.25, 0.3) is 0 Å². The Hall–Kier alpha value is -0.130. The van der Waals surface area contributed by atoms with Gasteiger partial charge in [0, 0.05) is 19.8 Å². The van der Waals surface area contributed by atoms with Crippen molar-refractivity contribution in [3.8, 4) is 0 Å². The van der Waals surface area contributed by atoms with Crippen LogP contribution in [-0.4, -0.2) is 62.3 Å². The molecule has 0 radical (unpaired) electrons. The molecule has 0 spiro atoms. The Balaban J connectivity index is -0.00000131. The number of esters is 3. The summed E-state index contributed by atoms with van der Waals surface area (Å²) in [6.45, 7) is 3.65. The summed E-state index contributed by atoms with van der Waals surface area (Å²) in [5, 5.41) is 0. The van der Waals surface area contributed by atoms with Gasteiger partial charge in [0.05, 0.1) is 6.61 Å². The molecule has 0 aliphatic heterocycles. The van der Waals surface area contributed by atoms with Crippen LogP contribution in [0.1, 0.15) is 132 Å². The molecule has 0 bridgehead atoms. The minimum Gasteiger partial charge on any atom is -1.00 e. The van der Waals surface area contributed by atoms with Gasteiger partial charge in [-0.05, 0) is 12.8 Å². The minimum absolute atomic E-state index is 0. The topological polar surface area (TPSA) is 69.7 Å². The van der Waals surface area contributed by atoms with Crippen LogP contribution in [-0.2, 0) is 23.9 Å². The Morgan fingerprint density at radius 3 is 1.43 bits per heavy atom. The zero-order valence-electron chi connectivity index (χ0n) is 21.7. The van der Waals surface area contributed by atoms with Crippen molar-refractivity contribution in [2.24, 2.45) is 0 Å². The Labute approximate surface area is 217 Å². The third-order valence-corrected chi connectivity index (χ3v) is 5.03. The maximum Gasteiger partial charge on any atom is 2.00 e. The summed E-state index contributed by atoms with van der Waals surface area (Å²) in [6.07, 6.45) is 20.4. The van der Waals surface area contributed by atoms with Crippen molar-refractivity contribution in [1.29, 1.82) is 0 Å². The second kappa shape index (κ2) is 25.1. The molecule has 0 saturated carbocycles. The van der Waals surface area contributed by atoms with Crippen LogP contribution in [0.25, 0.3) is 0 Å². The van der Waals surface area contributed by atoms with E-state index in [4.69, 9.17) is 4.74 Å². The van der Waals surface area contributed by atoms with E-state index in [-0.39, 0.29) is 59.6 Å². The number of rotatable bonds is 20. The summed E-state index contributed by atoms with van der Waals surface area (Å²) >= 11 is 0. The van der Waals surface area contributed by atoms with Crippen LogP contribution in [0.5, 0.6) is 0 Å². The number of unbranched alkanes of at least 4 members (excludes halogenated alkanes) is 14. The summed E-state index contributed by atoms with van der Waals surface area (Å²) in [7, 11) is 0. The second-order valence-electron chi connectivity index (χ2n) is 7.99. The summed E-state index contributed by atoms with van der Waals surface area (Å²) in [6, 6.07) is 0. The predicted molar refractivity (Wildman–Crippen MR) is 124 cm³/mol. The third-order valence-electron chi connectivity index (χ3n) is 5.03. The van der Waals surface area contributed by atoms with Crippen LogP contribution in [0.2, 0.25) is 0 Å². The first-order chi connectivity index (χ1) is 14.1. The molecule has 0 aliphatic rings. The molecule has 0 rings (SSSR count). The van der Waals surface area contributed by atoms with Crippen molar-refractivity contribution in [1.82, 2.24) is 0 Å². The number of hydrogen-bond acceptors (Lipinski definition) is 5. The van der Waals surface area contributed by atoms with Gasteiger partial charge in [-0.2, -0.15) is 0 Å². The molecule has 30 heavy (non-hydrogen) atoms. The molecule has 0 fully saturated rings. The molecule has 0 aliphatic carbocycles. The average Bonchev–Trinajstić information content (AvgIpc) is 2.67. The predicted octanol–water partition coefficient (Wildman–Crippen LogP) is 6.51.